The lowest BCUT2D eigenvalue weighted by Crippen LogP contribution is -2.23. The van der Waals surface area contributed by atoms with E-state index in [4.69, 9.17) is 19.9 Å². The summed E-state index contributed by atoms with van der Waals surface area (Å²) < 4.78 is 32.9. The van der Waals surface area contributed by atoms with Crippen LogP contribution in [-0.4, -0.2) is 28.4 Å². The quantitative estimate of drug-likeness (QED) is 0.334. The third-order valence-corrected chi connectivity index (χ3v) is 2.45. The molecule has 0 spiro atoms. The van der Waals surface area contributed by atoms with Gasteiger partial charge in [0.2, 0.25) is 6.33 Å². The van der Waals surface area contributed by atoms with Crippen molar-refractivity contribution in [3.05, 3.63) is 34.0 Å². The van der Waals surface area contributed by atoms with Crippen LogP contribution in [0.3, 0.4) is 0 Å². The molecule has 0 amide bonds. The summed E-state index contributed by atoms with van der Waals surface area (Å²) >= 11 is 0. The third kappa shape index (κ3) is 10.6. The molecule has 0 atom stereocenters. The zero-order valence-corrected chi connectivity index (χ0v) is 9.91. The largest absolute Gasteiger partial charge is 0.356 e. The van der Waals surface area contributed by atoms with E-state index in [0.29, 0.717) is 13.0 Å². The maximum absolute atomic E-state index is 10.4. The summed E-state index contributed by atoms with van der Waals surface area (Å²) in [6.07, 6.45) is 5.99. The van der Waals surface area contributed by atoms with Crippen molar-refractivity contribution in [2.45, 2.75) is 13.0 Å². The molecular formula is C7H13N3O6S. The van der Waals surface area contributed by atoms with Gasteiger partial charge < -0.3 is 15.3 Å². The normalized spacial score (nSPS) is 10.5. The first kappa shape index (κ1) is 15.3. The topological polar surface area (TPSA) is 129 Å². The van der Waals surface area contributed by atoms with Crippen molar-refractivity contribution in [2.24, 2.45) is 7.05 Å². The molecule has 17 heavy (non-hydrogen) atoms. The first-order chi connectivity index (χ1) is 7.70. The second-order valence-corrected chi connectivity index (χ2v) is 4.75. The minimum atomic E-state index is -3.81. The molecule has 9 nitrogen and oxygen atoms in total. The number of hydrogen-bond donors (Lipinski definition) is 1. The van der Waals surface area contributed by atoms with Crippen LogP contribution < -0.4 is 4.57 Å². The van der Waals surface area contributed by atoms with E-state index in [2.05, 4.69) is 0 Å². The van der Waals surface area contributed by atoms with Gasteiger partial charge >= 0.3 is 0 Å². The standard InChI is InChI=1S/C7H12N2O3S.NO3/c1-8-4-5-9(7-8)3-2-6-13(10,11)12;2-1(3)4/h4-5,7H,2-3,6H2,1H3;/q;-1/p+1. The molecule has 0 aliphatic heterocycles. The molecule has 0 aliphatic rings. The van der Waals surface area contributed by atoms with E-state index in [1.165, 1.54) is 0 Å². The molecule has 10 heteroatoms. The number of aryl methyl sites for hydroxylation is 2. The maximum Gasteiger partial charge on any atom is 0.265 e. The SMILES string of the molecule is C[n+]1ccn(CCCS(=O)(=O)O)c1.O=[N+]([O-])[O-]. The molecule has 0 saturated carbocycles. The van der Waals surface area contributed by atoms with Crippen LogP contribution >= 0.6 is 0 Å². The number of nitrogens with zero attached hydrogens (tertiary/aromatic N) is 3. The van der Waals surface area contributed by atoms with Gasteiger partial charge in [0.25, 0.3) is 10.1 Å². The lowest BCUT2D eigenvalue weighted by Gasteiger charge is -1.94. The van der Waals surface area contributed by atoms with Gasteiger partial charge in [-0.05, 0) is 0 Å². The van der Waals surface area contributed by atoms with Crippen LogP contribution in [0, 0.1) is 15.3 Å². The fourth-order valence-electron chi connectivity index (χ4n) is 1.06. The average Bonchev–Trinajstić information content (AvgIpc) is 2.48. The Morgan fingerprint density at radius 1 is 1.47 bits per heavy atom. The van der Waals surface area contributed by atoms with Gasteiger partial charge in [-0.25, -0.2) is 9.13 Å². The van der Waals surface area contributed by atoms with E-state index in [9.17, 15) is 8.42 Å². The van der Waals surface area contributed by atoms with Crippen molar-refractivity contribution >= 4 is 10.1 Å². The van der Waals surface area contributed by atoms with Crippen LogP contribution in [0.2, 0.25) is 0 Å². The summed E-state index contributed by atoms with van der Waals surface area (Å²) in [5.74, 6) is -0.186. The van der Waals surface area contributed by atoms with Crippen LogP contribution in [0.25, 0.3) is 0 Å². The predicted octanol–water partition coefficient (Wildman–Crippen LogP) is -0.649. The summed E-state index contributed by atoms with van der Waals surface area (Å²) in [4.78, 5) is 8.25. The van der Waals surface area contributed by atoms with Gasteiger partial charge in [-0.15, -0.1) is 0 Å². The van der Waals surface area contributed by atoms with Crippen molar-refractivity contribution in [3.8, 4) is 0 Å². The van der Waals surface area contributed by atoms with Crippen molar-refractivity contribution in [3.63, 3.8) is 0 Å². The number of rotatable bonds is 4. The Morgan fingerprint density at radius 3 is 2.35 bits per heavy atom. The fourth-order valence-corrected chi connectivity index (χ4v) is 1.56. The summed E-state index contributed by atoms with van der Waals surface area (Å²) in [6.45, 7) is 0.598. The van der Waals surface area contributed by atoms with Gasteiger partial charge in [0.05, 0.1) is 24.4 Å². The van der Waals surface area contributed by atoms with Gasteiger partial charge in [0, 0.05) is 6.42 Å². The minimum absolute atomic E-state index is 0.186. The van der Waals surface area contributed by atoms with Crippen LogP contribution in [0.5, 0.6) is 0 Å². The summed E-state index contributed by atoms with van der Waals surface area (Å²) in [5.41, 5.74) is 0. The smallest absolute Gasteiger partial charge is 0.265 e. The Hall–Kier alpha value is -1.68. The Balaban J connectivity index is 0.000000557. The fraction of sp³-hybridized carbons (Fsp3) is 0.571. The number of hydrogen-bond acceptors (Lipinski definition) is 5. The van der Waals surface area contributed by atoms with Crippen molar-refractivity contribution in [1.82, 2.24) is 4.57 Å². The molecule has 1 aromatic rings. The van der Waals surface area contributed by atoms with Gasteiger partial charge in [0.1, 0.15) is 12.4 Å². The summed E-state index contributed by atoms with van der Waals surface area (Å²) in [6, 6.07) is 0. The molecule has 0 saturated heterocycles. The van der Waals surface area contributed by atoms with Gasteiger partial charge in [-0.3, -0.25) is 4.55 Å². The Morgan fingerprint density at radius 2 is 2.00 bits per heavy atom. The van der Waals surface area contributed by atoms with Crippen LogP contribution in [-0.2, 0) is 23.7 Å². The van der Waals surface area contributed by atoms with Crippen molar-refractivity contribution in [2.75, 3.05) is 5.75 Å². The second kappa shape index (κ2) is 6.81. The first-order valence-electron chi connectivity index (χ1n) is 4.48. The Labute approximate surface area is 97.8 Å². The molecule has 98 valence electrons. The third-order valence-electron chi connectivity index (χ3n) is 1.64. The minimum Gasteiger partial charge on any atom is -0.356 e. The second-order valence-electron chi connectivity index (χ2n) is 3.18. The van der Waals surface area contributed by atoms with Crippen LogP contribution in [0.15, 0.2) is 18.7 Å². The summed E-state index contributed by atoms with van der Waals surface area (Å²) in [5, 5.41) is 14.8. The van der Waals surface area contributed by atoms with E-state index >= 15 is 0 Å². The average molecular weight is 267 g/mol. The molecule has 0 aliphatic carbocycles. The summed E-state index contributed by atoms with van der Waals surface area (Å²) in [7, 11) is -1.92. The highest BCUT2D eigenvalue weighted by molar-refractivity contribution is 7.85. The molecule has 0 radical (unpaired) electrons. The molecule has 0 bridgehead atoms. The lowest BCUT2D eigenvalue weighted by molar-refractivity contribution is -0.671. The lowest BCUT2D eigenvalue weighted by atomic mass is 10.5. The molecule has 1 rings (SSSR count). The molecular weight excluding hydrogens is 254 g/mol. The number of aromatic nitrogens is 2. The Bertz CT molecular complexity index is 450. The van der Waals surface area contributed by atoms with Crippen LogP contribution in [0.4, 0.5) is 0 Å². The first-order valence-corrected chi connectivity index (χ1v) is 6.09. The molecule has 0 fully saturated rings. The monoisotopic (exact) mass is 267 g/mol. The van der Waals surface area contributed by atoms with Crippen molar-refractivity contribution in [1.29, 1.82) is 0 Å². The van der Waals surface area contributed by atoms with Gasteiger partial charge in [-0.2, -0.15) is 8.42 Å². The van der Waals surface area contributed by atoms with E-state index in [1.54, 1.807) is 0 Å². The van der Waals surface area contributed by atoms with E-state index in [1.807, 2.05) is 34.9 Å². The highest BCUT2D eigenvalue weighted by Crippen LogP contribution is 1.93. The maximum atomic E-state index is 10.4. The van der Waals surface area contributed by atoms with E-state index in [-0.39, 0.29) is 5.75 Å². The highest BCUT2D eigenvalue weighted by atomic mass is 32.2. The van der Waals surface area contributed by atoms with Gasteiger partial charge in [0.15, 0.2) is 0 Å². The van der Waals surface area contributed by atoms with Crippen molar-refractivity contribution < 1.29 is 22.6 Å². The van der Waals surface area contributed by atoms with Gasteiger partial charge in [-0.1, -0.05) is 0 Å². The number of imidazole rings is 1. The molecule has 1 heterocycles. The zero-order chi connectivity index (χ0) is 13.5. The van der Waals surface area contributed by atoms with E-state index < -0.39 is 15.2 Å². The Kier molecular flexibility index (Phi) is 6.13. The molecule has 1 aromatic heterocycles. The zero-order valence-electron chi connectivity index (χ0n) is 9.09. The highest BCUT2D eigenvalue weighted by Gasteiger charge is 2.06. The van der Waals surface area contributed by atoms with E-state index in [0.717, 1.165) is 0 Å². The van der Waals surface area contributed by atoms with Crippen LogP contribution in [0.1, 0.15) is 6.42 Å². The molecule has 0 aromatic carbocycles. The predicted molar refractivity (Wildman–Crippen MR) is 57.0 cm³/mol. The molecule has 1 N–H and O–H groups in total. The molecule has 0 unspecified atom stereocenters.